The van der Waals surface area contributed by atoms with Crippen LogP contribution in [-0.2, 0) is 0 Å². The fourth-order valence-electron chi connectivity index (χ4n) is 1.86. The first-order valence-electron chi connectivity index (χ1n) is 4.01. The number of nitrogens with zero attached hydrogens (tertiary/aromatic N) is 1. The predicted molar refractivity (Wildman–Crippen MR) is 40.4 cm³/mol. The van der Waals surface area contributed by atoms with Crippen LogP contribution in [0.4, 0.5) is 0 Å². The zero-order valence-electron chi connectivity index (χ0n) is 6.30. The molecule has 2 fully saturated rings. The summed E-state index contributed by atoms with van der Waals surface area (Å²) in [5.41, 5.74) is 0. The Kier molecular flexibility index (Phi) is 1.10. The maximum Gasteiger partial charge on any atom is 0.00388 e. The summed E-state index contributed by atoms with van der Waals surface area (Å²) in [6, 6.07) is 0.790. The topological polar surface area (TPSA) is 3.24 Å². The Morgan fingerprint density at radius 2 is 1.89 bits per heavy atom. The molecule has 0 spiro atoms. The van der Waals surface area contributed by atoms with Gasteiger partial charge in [0.2, 0.25) is 0 Å². The summed E-state index contributed by atoms with van der Waals surface area (Å²) in [4.78, 5) is 2.60. The average Bonchev–Trinajstić information content (AvgIpc) is 2.40. The monoisotopic (exact) mass is 127 g/mol. The van der Waals surface area contributed by atoms with E-state index in [9.17, 15) is 0 Å². The average molecular weight is 127 g/mol. The van der Waals surface area contributed by atoms with Crippen molar-refractivity contribution in [3.05, 3.63) is 0 Å². The van der Waals surface area contributed by atoms with Crippen LogP contribution in [-0.4, -0.2) is 24.0 Å². The number of likely N-dealkylation sites (tertiary alicyclic amines) is 1. The van der Waals surface area contributed by atoms with E-state index in [0.29, 0.717) is 0 Å². The van der Waals surface area contributed by atoms with Gasteiger partial charge >= 0.3 is 0 Å². The van der Waals surface area contributed by atoms with Gasteiger partial charge in [-0.15, -0.1) is 0 Å². The van der Waals surface area contributed by atoms with Gasteiger partial charge in [0.1, 0.15) is 0 Å². The van der Waals surface area contributed by atoms with Crippen molar-refractivity contribution in [2.75, 3.05) is 13.1 Å². The zero-order valence-corrected chi connectivity index (χ0v) is 6.30. The lowest BCUT2D eigenvalue weighted by Gasteiger charge is -2.21. The first-order valence-corrected chi connectivity index (χ1v) is 4.01. The highest BCUT2D eigenvalue weighted by Gasteiger charge is 2.45. The molecule has 1 heterocycles. The SMILES string of the molecule is CC(C)N1CC2CC2C1.[HH]. The molecule has 1 aliphatic heterocycles. The Morgan fingerprint density at radius 3 is 2.22 bits per heavy atom. The molecule has 2 aliphatic rings. The van der Waals surface area contributed by atoms with Crippen LogP contribution in [0.1, 0.15) is 21.7 Å². The summed E-state index contributed by atoms with van der Waals surface area (Å²) < 4.78 is 0. The van der Waals surface area contributed by atoms with Crippen molar-refractivity contribution in [3.63, 3.8) is 0 Å². The molecule has 0 amide bonds. The van der Waals surface area contributed by atoms with E-state index in [-0.39, 0.29) is 1.43 Å². The van der Waals surface area contributed by atoms with Gasteiger partial charge in [0, 0.05) is 20.6 Å². The van der Waals surface area contributed by atoms with E-state index >= 15 is 0 Å². The number of hydrogen-bond donors (Lipinski definition) is 0. The molecule has 0 radical (unpaired) electrons. The second-order valence-corrected chi connectivity index (χ2v) is 3.80. The highest BCUT2D eigenvalue weighted by molar-refractivity contribution is 4.97. The first kappa shape index (κ1) is 5.72. The fourth-order valence-corrected chi connectivity index (χ4v) is 1.86. The van der Waals surface area contributed by atoms with E-state index in [2.05, 4.69) is 18.7 Å². The number of fused-ring (bicyclic) bond motifs is 1. The number of piperidine rings is 1. The van der Waals surface area contributed by atoms with Gasteiger partial charge in [-0.3, -0.25) is 0 Å². The van der Waals surface area contributed by atoms with Gasteiger partial charge < -0.3 is 4.90 Å². The summed E-state index contributed by atoms with van der Waals surface area (Å²) in [6.45, 7) is 7.38. The molecule has 1 saturated heterocycles. The van der Waals surface area contributed by atoms with E-state index in [1.54, 1.807) is 0 Å². The Labute approximate surface area is 58.5 Å². The summed E-state index contributed by atoms with van der Waals surface area (Å²) in [7, 11) is 0. The molecule has 0 aromatic heterocycles. The Morgan fingerprint density at radius 1 is 1.33 bits per heavy atom. The summed E-state index contributed by atoms with van der Waals surface area (Å²) in [6.07, 6.45) is 1.53. The van der Waals surface area contributed by atoms with Crippen molar-refractivity contribution in [1.82, 2.24) is 4.90 Å². The third-order valence-electron chi connectivity index (χ3n) is 2.74. The lowest BCUT2D eigenvalue weighted by molar-refractivity contribution is 0.248. The molecule has 1 heteroatoms. The normalized spacial score (nSPS) is 41.7. The second kappa shape index (κ2) is 1.72. The van der Waals surface area contributed by atoms with Gasteiger partial charge in [-0.05, 0) is 32.1 Å². The molecule has 0 bridgehead atoms. The smallest absolute Gasteiger partial charge is 0.00388 e. The zero-order chi connectivity index (χ0) is 6.43. The Hall–Kier alpha value is -0.0400. The number of hydrogen-bond acceptors (Lipinski definition) is 1. The van der Waals surface area contributed by atoms with E-state index in [4.69, 9.17) is 0 Å². The van der Waals surface area contributed by atoms with Gasteiger partial charge in [-0.2, -0.15) is 0 Å². The predicted octanol–water partition coefficient (Wildman–Crippen LogP) is 1.59. The Bertz CT molecular complexity index is 114. The van der Waals surface area contributed by atoms with Gasteiger partial charge in [-0.1, -0.05) is 0 Å². The molecule has 1 nitrogen and oxygen atoms in total. The van der Waals surface area contributed by atoms with Crippen LogP contribution in [0.15, 0.2) is 0 Å². The summed E-state index contributed by atoms with van der Waals surface area (Å²) in [5.74, 6) is 2.21. The quantitative estimate of drug-likeness (QED) is 0.517. The minimum atomic E-state index is 0. The summed E-state index contributed by atoms with van der Waals surface area (Å²) >= 11 is 0. The molecule has 54 valence electrons. The molecule has 9 heavy (non-hydrogen) atoms. The largest absolute Gasteiger partial charge is 0.300 e. The molecular weight excluding hydrogens is 110 g/mol. The Balaban J connectivity index is 0.000000500. The molecule has 1 aliphatic carbocycles. The highest BCUT2D eigenvalue weighted by Crippen LogP contribution is 2.45. The van der Waals surface area contributed by atoms with Crippen molar-refractivity contribution in [2.24, 2.45) is 11.8 Å². The van der Waals surface area contributed by atoms with E-state index in [1.807, 2.05) is 0 Å². The lowest BCUT2D eigenvalue weighted by atomic mass is 10.3. The second-order valence-electron chi connectivity index (χ2n) is 3.80. The van der Waals surface area contributed by atoms with Crippen molar-refractivity contribution in [3.8, 4) is 0 Å². The van der Waals surface area contributed by atoms with Crippen molar-refractivity contribution >= 4 is 0 Å². The first-order chi connectivity index (χ1) is 4.27. The molecule has 2 atom stereocenters. The van der Waals surface area contributed by atoms with E-state index in [0.717, 1.165) is 17.9 Å². The van der Waals surface area contributed by atoms with E-state index in [1.165, 1.54) is 19.5 Å². The summed E-state index contributed by atoms with van der Waals surface area (Å²) in [5, 5.41) is 0. The maximum atomic E-state index is 2.60. The minimum Gasteiger partial charge on any atom is -0.300 e. The van der Waals surface area contributed by atoms with Crippen LogP contribution in [0, 0.1) is 11.8 Å². The lowest BCUT2D eigenvalue weighted by Crippen LogP contribution is -2.29. The molecular formula is C8H17N. The van der Waals surface area contributed by atoms with Crippen LogP contribution in [0.5, 0.6) is 0 Å². The minimum absolute atomic E-state index is 0. The molecule has 0 aromatic rings. The molecule has 2 rings (SSSR count). The van der Waals surface area contributed by atoms with Crippen molar-refractivity contribution < 1.29 is 1.43 Å². The van der Waals surface area contributed by atoms with Gasteiger partial charge in [0.25, 0.3) is 0 Å². The van der Waals surface area contributed by atoms with E-state index < -0.39 is 0 Å². The van der Waals surface area contributed by atoms with Crippen LogP contribution in [0.25, 0.3) is 0 Å². The van der Waals surface area contributed by atoms with Gasteiger partial charge in [0.15, 0.2) is 0 Å². The van der Waals surface area contributed by atoms with Crippen LogP contribution < -0.4 is 0 Å². The third-order valence-corrected chi connectivity index (χ3v) is 2.74. The standard InChI is InChI=1S/C8H15N.H2/c1-6(2)9-4-7-3-8(7)5-9;/h6-8H,3-5H2,1-2H3;1H. The van der Waals surface area contributed by atoms with Gasteiger partial charge in [-0.25, -0.2) is 0 Å². The van der Waals surface area contributed by atoms with Crippen LogP contribution >= 0.6 is 0 Å². The molecule has 0 N–H and O–H groups in total. The molecule has 0 aromatic carbocycles. The highest BCUT2D eigenvalue weighted by atomic mass is 15.2. The van der Waals surface area contributed by atoms with Crippen LogP contribution in [0.2, 0.25) is 0 Å². The molecule has 2 unspecified atom stereocenters. The van der Waals surface area contributed by atoms with Gasteiger partial charge in [0.05, 0.1) is 0 Å². The van der Waals surface area contributed by atoms with Crippen molar-refractivity contribution in [2.45, 2.75) is 26.3 Å². The van der Waals surface area contributed by atoms with Crippen LogP contribution in [0.3, 0.4) is 0 Å². The maximum absolute atomic E-state index is 2.60. The van der Waals surface area contributed by atoms with Crippen molar-refractivity contribution in [1.29, 1.82) is 0 Å². The fraction of sp³-hybridized carbons (Fsp3) is 1.00. The molecule has 1 saturated carbocycles. The number of rotatable bonds is 1. The third kappa shape index (κ3) is 0.877.